The fourth-order valence-corrected chi connectivity index (χ4v) is 2.22. The molecule has 0 bridgehead atoms. The molecule has 0 aliphatic carbocycles. The van der Waals surface area contributed by atoms with Gasteiger partial charge in [0.25, 0.3) is 0 Å². The number of benzene rings is 2. The van der Waals surface area contributed by atoms with E-state index >= 15 is 0 Å². The summed E-state index contributed by atoms with van der Waals surface area (Å²) in [5.74, 6) is -0.855. The van der Waals surface area contributed by atoms with Crippen molar-refractivity contribution in [3.8, 4) is 0 Å². The molecule has 0 spiro atoms. The number of carboxylic acids is 1. The molecule has 0 aliphatic rings. The van der Waals surface area contributed by atoms with Crippen molar-refractivity contribution >= 4 is 28.7 Å². The topological polar surface area (TPSA) is 66.2 Å². The van der Waals surface area contributed by atoms with Crippen LogP contribution >= 0.6 is 0 Å². The molecule has 4 heteroatoms. The summed E-state index contributed by atoms with van der Waals surface area (Å²) < 4.78 is 5.66. The Morgan fingerprint density at radius 3 is 2.59 bits per heavy atom. The van der Waals surface area contributed by atoms with Crippen LogP contribution in [0, 0.1) is 6.92 Å². The number of para-hydroxylation sites is 2. The Balaban J connectivity index is 2.05. The molecule has 3 aromatic rings. The number of hydrogen-bond donors (Lipinski definition) is 0. The van der Waals surface area contributed by atoms with Crippen LogP contribution in [0.4, 0.5) is 0 Å². The lowest BCUT2D eigenvalue weighted by atomic mass is 10.1. The van der Waals surface area contributed by atoms with Crippen molar-refractivity contribution in [2.75, 3.05) is 0 Å². The van der Waals surface area contributed by atoms with Crippen molar-refractivity contribution in [3.05, 3.63) is 65.5 Å². The van der Waals surface area contributed by atoms with E-state index in [9.17, 15) is 9.90 Å². The van der Waals surface area contributed by atoms with Gasteiger partial charge in [0.05, 0.1) is 0 Å². The third-order valence-corrected chi connectivity index (χ3v) is 3.32. The average molecular weight is 292 g/mol. The molecule has 0 aliphatic heterocycles. The Kier molecular flexibility index (Phi) is 3.74. The van der Waals surface area contributed by atoms with E-state index in [4.69, 9.17) is 4.42 Å². The molecule has 0 N–H and O–H groups in total. The number of aromatic nitrogens is 1. The first-order chi connectivity index (χ1) is 10.6. The molecule has 22 heavy (non-hydrogen) atoms. The number of hydrogen-bond acceptors (Lipinski definition) is 4. The molecule has 1 heterocycles. The van der Waals surface area contributed by atoms with Crippen molar-refractivity contribution in [1.82, 2.24) is 4.98 Å². The van der Waals surface area contributed by atoms with Crippen LogP contribution < -0.4 is 5.11 Å². The summed E-state index contributed by atoms with van der Waals surface area (Å²) in [4.78, 5) is 15.4. The number of carbonyl (C=O) groups excluding carboxylic acids is 1. The molecule has 0 atom stereocenters. The van der Waals surface area contributed by atoms with Gasteiger partial charge in [0, 0.05) is 18.0 Å². The molecule has 0 unspecified atom stereocenters. The number of fused-ring (bicyclic) bond motifs is 1. The molecule has 0 saturated carbocycles. The fraction of sp³-hybridized carbons (Fsp3) is 0.111. The maximum Gasteiger partial charge on any atom is 0.223 e. The smallest absolute Gasteiger partial charge is 0.223 e. The number of oxazole rings is 1. The van der Waals surface area contributed by atoms with E-state index < -0.39 is 5.97 Å². The van der Waals surface area contributed by atoms with Gasteiger partial charge in [0.15, 0.2) is 5.58 Å². The van der Waals surface area contributed by atoms with Gasteiger partial charge in [-0.25, -0.2) is 4.98 Å². The van der Waals surface area contributed by atoms with Crippen LogP contribution in [-0.2, 0) is 4.79 Å². The van der Waals surface area contributed by atoms with Crippen LogP contribution in [0.5, 0.6) is 0 Å². The quantitative estimate of drug-likeness (QED) is 0.741. The minimum absolute atomic E-state index is 0.249. The predicted octanol–water partition coefficient (Wildman–Crippen LogP) is 2.82. The molecule has 110 valence electrons. The zero-order valence-electron chi connectivity index (χ0n) is 12.1. The highest BCUT2D eigenvalue weighted by Gasteiger charge is 2.11. The van der Waals surface area contributed by atoms with Gasteiger partial charge in [0.1, 0.15) is 5.52 Å². The van der Waals surface area contributed by atoms with Crippen molar-refractivity contribution < 1.29 is 14.3 Å². The summed E-state index contributed by atoms with van der Waals surface area (Å²) >= 11 is 0. The summed E-state index contributed by atoms with van der Waals surface area (Å²) in [5.41, 5.74) is 3.85. The maximum atomic E-state index is 11.0. The number of aryl methyl sites for hydroxylation is 1. The Hall–Kier alpha value is -2.88. The molecular formula is C18H14NO3-. The van der Waals surface area contributed by atoms with Crippen LogP contribution in [0.2, 0.25) is 0 Å². The normalized spacial score (nSPS) is 11.8. The van der Waals surface area contributed by atoms with Crippen molar-refractivity contribution in [3.63, 3.8) is 0 Å². The van der Waals surface area contributed by atoms with Crippen LogP contribution in [0.3, 0.4) is 0 Å². The molecular weight excluding hydrogens is 278 g/mol. The highest BCUT2D eigenvalue weighted by Crippen LogP contribution is 2.25. The van der Waals surface area contributed by atoms with E-state index in [1.165, 1.54) is 0 Å². The fourth-order valence-electron chi connectivity index (χ4n) is 2.22. The summed E-state index contributed by atoms with van der Waals surface area (Å²) in [6.45, 7) is 2.00. The average Bonchev–Trinajstić information content (AvgIpc) is 2.92. The highest BCUT2D eigenvalue weighted by atomic mass is 16.4. The zero-order valence-corrected chi connectivity index (χ0v) is 12.1. The van der Waals surface area contributed by atoms with Crippen LogP contribution in [0.25, 0.3) is 22.7 Å². The minimum atomic E-state index is -1.17. The molecule has 3 rings (SSSR count). The Labute approximate surface area is 127 Å². The van der Waals surface area contributed by atoms with Crippen LogP contribution in [0.1, 0.15) is 23.4 Å². The molecule has 4 nitrogen and oxygen atoms in total. The Bertz CT molecular complexity index is 811. The monoisotopic (exact) mass is 292 g/mol. The van der Waals surface area contributed by atoms with Gasteiger partial charge in [-0.1, -0.05) is 42.0 Å². The van der Waals surface area contributed by atoms with E-state index in [-0.39, 0.29) is 6.42 Å². The molecule has 0 fully saturated rings. The van der Waals surface area contributed by atoms with Gasteiger partial charge >= 0.3 is 0 Å². The first kappa shape index (κ1) is 14.1. The second kappa shape index (κ2) is 5.85. The predicted molar refractivity (Wildman–Crippen MR) is 82.7 cm³/mol. The summed E-state index contributed by atoms with van der Waals surface area (Å²) in [6, 6.07) is 15.1. The lowest BCUT2D eigenvalue weighted by Gasteiger charge is -2.05. The van der Waals surface area contributed by atoms with Gasteiger partial charge in [-0.3, -0.25) is 0 Å². The zero-order chi connectivity index (χ0) is 15.5. The molecule has 0 radical (unpaired) electrons. The summed E-state index contributed by atoms with van der Waals surface area (Å²) in [5, 5.41) is 11.0. The second-order valence-corrected chi connectivity index (χ2v) is 5.12. The SMILES string of the molecule is Cc1ccc(/C=C(\CC(=O)[O-])c2nc3ccccc3o2)cc1. The number of carbonyl (C=O) groups is 1. The largest absolute Gasteiger partial charge is 0.550 e. The Morgan fingerprint density at radius 2 is 1.91 bits per heavy atom. The second-order valence-electron chi connectivity index (χ2n) is 5.12. The van der Waals surface area contributed by atoms with Gasteiger partial charge < -0.3 is 14.3 Å². The van der Waals surface area contributed by atoms with E-state index in [1.54, 1.807) is 12.1 Å². The number of aliphatic carboxylic acids is 1. The highest BCUT2D eigenvalue weighted by molar-refractivity contribution is 5.90. The lowest BCUT2D eigenvalue weighted by molar-refractivity contribution is -0.304. The molecule has 0 amide bonds. The molecule has 1 aromatic heterocycles. The van der Waals surface area contributed by atoms with Crippen molar-refractivity contribution in [2.24, 2.45) is 0 Å². The minimum Gasteiger partial charge on any atom is -0.550 e. The molecule has 0 saturated heterocycles. The number of nitrogens with zero attached hydrogens (tertiary/aromatic N) is 1. The Morgan fingerprint density at radius 1 is 1.18 bits per heavy atom. The van der Waals surface area contributed by atoms with Gasteiger partial charge in [-0.15, -0.1) is 0 Å². The van der Waals surface area contributed by atoms with Gasteiger partial charge in [0.2, 0.25) is 5.89 Å². The van der Waals surface area contributed by atoms with Crippen molar-refractivity contribution in [1.29, 1.82) is 0 Å². The number of carboxylic acid groups (broad SMARTS) is 1. The van der Waals surface area contributed by atoms with Crippen LogP contribution in [-0.4, -0.2) is 11.0 Å². The van der Waals surface area contributed by atoms with E-state index in [1.807, 2.05) is 49.4 Å². The maximum absolute atomic E-state index is 11.0. The van der Waals surface area contributed by atoms with Crippen molar-refractivity contribution in [2.45, 2.75) is 13.3 Å². The lowest BCUT2D eigenvalue weighted by Crippen LogP contribution is -2.22. The first-order valence-electron chi connectivity index (χ1n) is 6.95. The van der Waals surface area contributed by atoms with E-state index in [2.05, 4.69) is 4.98 Å². The third kappa shape index (κ3) is 3.06. The van der Waals surface area contributed by atoms with E-state index in [0.29, 0.717) is 22.6 Å². The number of rotatable bonds is 4. The van der Waals surface area contributed by atoms with Gasteiger partial charge in [-0.2, -0.15) is 0 Å². The standard InChI is InChI=1S/C18H15NO3/c1-12-6-8-13(9-7-12)10-14(11-17(20)21)18-19-15-4-2-3-5-16(15)22-18/h2-10H,11H2,1H3,(H,20,21)/p-1/b14-10+. The van der Waals surface area contributed by atoms with Gasteiger partial charge in [-0.05, 0) is 30.7 Å². The summed E-state index contributed by atoms with van der Waals surface area (Å²) in [7, 11) is 0. The van der Waals surface area contributed by atoms with E-state index in [0.717, 1.165) is 11.1 Å². The van der Waals surface area contributed by atoms with Crippen LogP contribution in [0.15, 0.2) is 52.9 Å². The molecule has 2 aromatic carbocycles. The third-order valence-electron chi connectivity index (χ3n) is 3.32. The first-order valence-corrected chi connectivity index (χ1v) is 6.95. The summed E-state index contributed by atoms with van der Waals surface area (Å²) in [6.07, 6.45) is 1.51.